The van der Waals surface area contributed by atoms with E-state index in [4.69, 9.17) is 4.74 Å². The molecule has 3 heteroatoms. The van der Waals surface area contributed by atoms with E-state index in [9.17, 15) is 4.79 Å². The van der Waals surface area contributed by atoms with Gasteiger partial charge in [-0.2, -0.15) is 0 Å². The Morgan fingerprint density at radius 2 is 2.00 bits per heavy atom. The lowest BCUT2D eigenvalue weighted by Crippen LogP contribution is -2.19. The quantitative estimate of drug-likeness (QED) is 0.775. The van der Waals surface area contributed by atoms with Gasteiger partial charge in [0, 0.05) is 5.56 Å². The molecule has 17 heavy (non-hydrogen) atoms. The van der Waals surface area contributed by atoms with Crippen molar-refractivity contribution in [1.82, 2.24) is 0 Å². The zero-order valence-electron chi connectivity index (χ0n) is 10.0. The average molecular weight is 297 g/mol. The zero-order chi connectivity index (χ0) is 12.3. The maximum Gasteiger partial charge on any atom is 0.159 e. The summed E-state index contributed by atoms with van der Waals surface area (Å²) in [5.74, 6) is 0.928. The molecule has 92 valence electrons. The smallest absolute Gasteiger partial charge is 0.159 e. The molecule has 1 aromatic carbocycles. The Bertz CT molecular complexity index is 409. The molecule has 0 bridgehead atoms. The van der Waals surface area contributed by atoms with Crippen molar-refractivity contribution in [3.05, 3.63) is 28.2 Å². The number of ether oxygens (including phenoxy) is 1. The highest BCUT2D eigenvalue weighted by atomic mass is 79.9. The molecule has 0 spiro atoms. The minimum Gasteiger partial charge on any atom is -0.489 e. The van der Waals surface area contributed by atoms with Crippen molar-refractivity contribution in [2.75, 3.05) is 0 Å². The summed E-state index contributed by atoms with van der Waals surface area (Å²) in [7, 11) is 0. The molecule has 0 aliphatic heterocycles. The molecule has 0 aromatic heterocycles. The maximum absolute atomic E-state index is 11.2. The van der Waals surface area contributed by atoms with Crippen LogP contribution in [0.15, 0.2) is 22.7 Å². The van der Waals surface area contributed by atoms with Gasteiger partial charge in [0.25, 0.3) is 0 Å². The summed E-state index contributed by atoms with van der Waals surface area (Å²) < 4.78 is 6.83. The second-order valence-corrected chi connectivity index (χ2v) is 5.43. The second kappa shape index (κ2) is 5.67. The first-order valence-electron chi connectivity index (χ1n) is 6.14. The molecule has 2 rings (SSSR count). The van der Waals surface area contributed by atoms with E-state index in [0.29, 0.717) is 11.7 Å². The topological polar surface area (TPSA) is 26.3 Å². The van der Waals surface area contributed by atoms with Gasteiger partial charge >= 0.3 is 0 Å². The maximum atomic E-state index is 11.2. The second-order valence-electron chi connectivity index (χ2n) is 4.58. The van der Waals surface area contributed by atoms with Gasteiger partial charge in [-0.25, -0.2) is 0 Å². The molecular formula is C14H17BrO2. The highest BCUT2D eigenvalue weighted by Gasteiger charge is 2.16. The molecule has 0 N–H and O–H groups in total. The Labute approximate surface area is 110 Å². The lowest BCUT2D eigenvalue weighted by Gasteiger charge is -2.23. The van der Waals surface area contributed by atoms with Gasteiger partial charge in [-0.05, 0) is 66.7 Å². The van der Waals surface area contributed by atoms with Gasteiger partial charge in [0.15, 0.2) is 5.78 Å². The average Bonchev–Trinajstić information content (AvgIpc) is 2.33. The number of benzene rings is 1. The summed E-state index contributed by atoms with van der Waals surface area (Å²) in [4.78, 5) is 11.2. The summed E-state index contributed by atoms with van der Waals surface area (Å²) in [6, 6.07) is 5.54. The number of Topliss-reactive ketones (excluding diaryl/α,β-unsaturated/α-hetero) is 1. The molecule has 1 aliphatic rings. The van der Waals surface area contributed by atoms with Crippen LogP contribution in [0.1, 0.15) is 49.4 Å². The van der Waals surface area contributed by atoms with E-state index in [2.05, 4.69) is 15.9 Å². The van der Waals surface area contributed by atoms with E-state index >= 15 is 0 Å². The van der Waals surface area contributed by atoms with E-state index in [1.807, 2.05) is 18.2 Å². The lowest BCUT2D eigenvalue weighted by atomic mass is 9.98. The molecule has 0 unspecified atom stereocenters. The van der Waals surface area contributed by atoms with Gasteiger partial charge in [0.1, 0.15) is 5.75 Å². The first-order valence-corrected chi connectivity index (χ1v) is 6.93. The van der Waals surface area contributed by atoms with Crippen molar-refractivity contribution in [2.24, 2.45) is 0 Å². The third kappa shape index (κ3) is 3.32. The molecule has 1 fully saturated rings. The van der Waals surface area contributed by atoms with E-state index in [-0.39, 0.29) is 5.78 Å². The summed E-state index contributed by atoms with van der Waals surface area (Å²) in [6.45, 7) is 1.57. The predicted molar refractivity (Wildman–Crippen MR) is 71.6 cm³/mol. The first kappa shape index (κ1) is 12.6. The van der Waals surface area contributed by atoms with Gasteiger partial charge in [0.2, 0.25) is 0 Å². The van der Waals surface area contributed by atoms with Crippen molar-refractivity contribution in [2.45, 2.75) is 45.1 Å². The third-order valence-corrected chi connectivity index (χ3v) is 3.80. The van der Waals surface area contributed by atoms with Crippen molar-refractivity contribution in [3.63, 3.8) is 0 Å². The summed E-state index contributed by atoms with van der Waals surface area (Å²) >= 11 is 3.47. The minimum absolute atomic E-state index is 0.0786. The number of hydrogen-bond acceptors (Lipinski definition) is 2. The molecule has 0 saturated heterocycles. The first-order chi connectivity index (χ1) is 8.16. The zero-order valence-corrected chi connectivity index (χ0v) is 11.6. The van der Waals surface area contributed by atoms with Crippen LogP contribution in [0.2, 0.25) is 0 Å². The molecule has 1 saturated carbocycles. The van der Waals surface area contributed by atoms with E-state index in [1.54, 1.807) is 6.92 Å². The number of ketones is 1. The monoisotopic (exact) mass is 296 g/mol. The van der Waals surface area contributed by atoms with E-state index in [0.717, 1.165) is 23.1 Å². The Morgan fingerprint density at radius 3 is 2.59 bits per heavy atom. The van der Waals surface area contributed by atoms with Gasteiger partial charge in [-0.1, -0.05) is 6.42 Å². The fourth-order valence-corrected chi connectivity index (χ4v) is 2.65. The fraction of sp³-hybridized carbons (Fsp3) is 0.500. The van der Waals surface area contributed by atoms with Crippen molar-refractivity contribution >= 4 is 21.7 Å². The largest absolute Gasteiger partial charge is 0.489 e. The molecule has 0 atom stereocenters. The van der Waals surface area contributed by atoms with Crippen molar-refractivity contribution < 1.29 is 9.53 Å². The van der Waals surface area contributed by atoms with Crippen molar-refractivity contribution in [1.29, 1.82) is 0 Å². The normalized spacial score (nSPS) is 16.8. The Balaban J connectivity index is 2.08. The summed E-state index contributed by atoms with van der Waals surface area (Å²) in [5, 5.41) is 0. The number of carbonyl (C=O) groups is 1. The Morgan fingerprint density at radius 1 is 1.29 bits per heavy atom. The molecule has 0 amide bonds. The van der Waals surface area contributed by atoms with Crippen LogP contribution in [-0.4, -0.2) is 11.9 Å². The third-order valence-electron chi connectivity index (χ3n) is 3.18. The number of carbonyl (C=O) groups excluding carboxylic acids is 1. The van der Waals surface area contributed by atoms with Crippen LogP contribution in [0, 0.1) is 0 Å². The van der Waals surface area contributed by atoms with Gasteiger partial charge in [0.05, 0.1) is 10.6 Å². The fourth-order valence-electron chi connectivity index (χ4n) is 2.18. The minimum atomic E-state index is 0.0786. The van der Waals surface area contributed by atoms with Crippen LogP contribution in [0.3, 0.4) is 0 Å². The SMILES string of the molecule is CC(=O)c1ccc(OC2CCCCC2)c(Br)c1. The lowest BCUT2D eigenvalue weighted by molar-refractivity contribution is 0.101. The van der Waals surface area contributed by atoms with E-state index in [1.165, 1.54) is 19.3 Å². The molecule has 2 nitrogen and oxygen atoms in total. The molecule has 0 radical (unpaired) electrons. The van der Waals surface area contributed by atoms with Crippen LogP contribution in [0.4, 0.5) is 0 Å². The highest BCUT2D eigenvalue weighted by Crippen LogP contribution is 2.30. The molecule has 0 heterocycles. The standard InChI is InChI=1S/C14H17BrO2/c1-10(16)11-7-8-14(13(15)9-11)17-12-5-3-2-4-6-12/h7-9,12H,2-6H2,1H3. The van der Waals surface area contributed by atoms with Crippen LogP contribution < -0.4 is 4.74 Å². The number of halogens is 1. The Kier molecular flexibility index (Phi) is 4.21. The van der Waals surface area contributed by atoms with Crippen LogP contribution in [0.5, 0.6) is 5.75 Å². The summed E-state index contributed by atoms with van der Waals surface area (Å²) in [5.41, 5.74) is 0.716. The predicted octanol–water partition coefficient (Wildman–Crippen LogP) is 4.36. The van der Waals surface area contributed by atoms with Crippen LogP contribution in [-0.2, 0) is 0 Å². The highest BCUT2D eigenvalue weighted by molar-refractivity contribution is 9.10. The number of rotatable bonds is 3. The molecule has 1 aromatic rings. The summed E-state index contributed by atoms with van der Waals surface area (Å²) in [6.07, 6.45) is 6.46. The van der Waals surface area contributed by atoms with Gasteiger partial charge < -0.3 is 4.74 Å². The van der Waals surface area contributed by atoms with Gasteiger partial charge in [-0.15, -0.1) is 0 Å². The van der Waals surface area contributed by atoms with E-state index < -0.39 is 0 Å². The molecule has 1 aliphatic carbocycles. The van der Waals surface area contributed by atoms with Crippen LogP contribution in [0.25, 0.3) is 0 Å². The van der Waals surface area contributed by atoms with Crippen LogP contribution >= 0.6 is 15.9 Å². The molecular weight excluding hydrogens is 280 g/mol. The Hall–Kier alpha value is -0.830. The van der Waals surface area contributed by atoms with Crippen molar-refractivity contribution in [3.8, 4) is 5.75 Å². The van der Waals surface area contributed by atoms with Gasteiger partial charge in [-0.3, -0.25) is 4.79 Å². The number of hydrogen-bond donors (Lipinski definition) is 0.